The van der Waals surface area contributed by atoms with Crippen LogP contribution in [0.1, 0.15) is 28.9 Å². The first-order valence-electron chi connectivity index (χ1n) is 9.82. The second-order valence-electron chi connectivity index (χ2n) is 6.49. The van der Waals surface area contributed by atoms with Gasteiger partial charge in [-0.15, -0.1) is 0 Å². The molecular formula is C24H21F2NO4S. The predicted molar refractivity (Wildman–Crippen MR) is 119 cm³/mol. The third kappa shape index (κ3) is 6.07. The molecule has 0 saturated heterocycles. The highest BCUT2D eigenvalue weighted by molar-refractivity contribution is 7.99. The Morgan fingerprint density at radius 3 is 2.31 bits per heavy atom. The van der Waals surface area contributed by atoms with Gasteiger partial charge in [0.15, 0.2) is 0 Å². The number of para-hydroxylation sites is 2. The summed E-state index contributed by atoms with van der Waals surface area (Å²) in [5, 5.41) is 2.73. The molecular weight excluding hydrogens is 436 g/mol. The summed E-state index contributed by atoms with van der Waals surface area (Å²) in [6.07, 6.45) is -1.30. The van der Waals surface area contributed by atoms with Crippen molar-refractivity contribution in [1.82, 2.24) is 0 Å². The summed E-state index contributed by atoms with van der Waals surface area (Å²) in [4.78, 5) is 26.1. The first kappa shape index (κ1) is 23.3. The topological polar surface area (TPSA) is 64.6 Å². The van der Waals surface area contributed by atoms with Crippen LogP contribution in [0.25, 0.3) is 0 Å². The third-order valence-electron chi connectivity index (χ3n) is 4.33. The zero-order chi connectivity index (χ0) is 22.9. The van der Waals surface area contributed by atoms with Gasteiger partial charge in [-0.25, -0.2) is 4.79 Å². The van der Waals surface area contributed by atoms with Crippen molar-refractivity contribution in [2.24, 2.45) is 0 Å². The number of benzene rings is 3. The van der Waals surface area contributed by atoms with Crippen molar-refractivity contribution in [2.75, 3.05) is 11.9 Å². The van der Waals surface area contributed by atoms with Gasteiger partial charge in [-0.2, -0.15) is 8.78 Å². The van der Waals surface area contributed by atoms with Crippen LogP contribution in [0.2, 0.25) is 0 Å². The molecule has 0 heterocycles. The molecule has 0 aliphatic rings. The molecule has 0 aromatic heterocycles. The first-order valence-corrected chi connectivity index (χ1v) is 10.7. The number of thioether (sulfide) groups is 1. The molecule has 1 N–H and O–H groups in total. The molecule has 1 atom stereocenters. The summed E-state index contributed by atoms with van der Waals surface area (Å²) in [5.41, 5.74) is 0.817. The van der Waals surface area contributed by atoms with Crippen LogP contribution in [0.4, 0.5) is 14.5 Å². The maximum Gasteiger partial charge on any atom is 0.340 e. The lowest BCUT2D eigenvalue weighted by Crippen LogP contribution is -2.26. The van der Waals surface area contributed by atoms with Gasteiger partial charge in [0.2, 0.25) is 6.10 Å². The Morgan fingerprint density at radius 1 is 0.938 bits per heavy atom. The number of ether oxygens (including phenoxy) is 2. The fraction of sp³-hybridized carbons (Fsp3) is 0.167. The number of alkyl halides is 2. The van der Waals surface area contributed by atoms with Crippen molar-refractivity contribution in [3.8, 4) is 5.75 Å². The SMILES string of the molecule is CCOc1ccccc1NC(=O)C(OC(=O)c1ccccc1SC(F)F)c1ccccc1. The lowest BCUT2D eigenvalue weighted by Gasteiger charge is -2.20. The average Bonchev–Trinajstić information content (AvgIpc) is 2.79. The van der Waals surface area contributed by atoms with Crippen molar-refractivity contribution < 1.29 is 27.8 Å². The Hall–Kier alpha value is -3.39. The van der Waals surface area contributed by atoms with Crippen molar-refractivity contribution in [1.29, 1.82) is 0 Å². The Labute approximate surface area is 188 Å². The molecule has 0 aliphatic carbocycles. The van der Waals surface area contributed by atoms with Crippen molar-refractivity contribution in [2.45, 2.75) is 23.7 Å². The molecule has 8 heteroatoms. The summed E-state index contributed by atoms with van der Waals surface area (Å²) in [7, 11) is 0. The molecule has 166 valence electrons. The van der Waals surface area contributed by atoms with E-state index in [9.17, 15) is 18.4 Å². The minimum Gasteiger partial charge on any atom is -0.492 e. The number of carbonyl (C=O) groups is 2. The number of rotatable bonds is 9. The van der Waals surface area contributed by atoms with Gasteiger partial charge in [-0.3, -0.25) is 4.79 Å². The molecule has 3 rings (SSSR count). The highest BCUT2D eigenvalue weighted by Gasteiger charge is 2.28. The minimum absolute atomic E-state index is 0.0405. The van der Waals surface area contributed by atoms with Crippen LogP contribution < -0.4 is 10.1 Å². The van der Waals surface area contributed by atoms with E-state index in [0.717, 1.165) is 0 Å². The van der Waals surface area contributed by atoms with Gasteiger partial charge >= 0.3 is 5.97 Å². The van der Waals surface area contributed by atoms with E-state index in [-0.39, 0.29) is 22.2 Å². The molecule has 0 saturated carbocycles. The molecule has 0 radical (unpaired) electrons. The van der Waals surface area contributed by atoms with E-state index in [4.69, 9.17) is 9.47 Å². The van der Waals surface area contributed by atoms with Crippen LogP contribution >= 0.6 is 11.8 Å². The van der Waals surface area contributed by atoms with E-state index in [2.05, 4.69) is 5.32 Å². The normalized spacial score (nSPS) is 11.6. The molecule has 1 unspecified atom stereocenters. The molecule has 0 fully saturated rings. The van der Waals surface area contributed by atoms with Gasteiger partial charge < -0.3 is 14.8 Å². The molecule has 3 aromatic carbocycles. The van der Waals surface area contributed by atoms with E-state index < -0.39 is 23.7 Å². The number of nitrogens with one attached hydrogen (secondary N) is 1. The summed E-state index contributed by atoms with van der Waals surface area (Å²) >= 11 is 0.243. The summed E-state index contributed by atoms with van der Waals surface area (Å²) in [6, 6.07) is 21.2. The number of halogens is 2. The number of hydrogen-bond acceptors (Lipinski definition) is 5. The number of esters is 1. The third-order valence-corrected chi connectivity index (χ3v) is 5.12. The smallest absolute Gasteiger partial charge is 0.340 e. The summed E-state index contributed by atoms with van der Waals surface area (Å²) in [6.45, 7) is 2.23. The molecule has 5 nitrogen and oxygen atoms in total. The van der Waals surface area contributed by atoms with Gasteiger partial charge in [0.1, 0.15) is 5.75 Å². The largest absolute Gasteiger partial charge is 0.492 e. The van der Waals surface area contributed by atoms with E-state index in [0.29, 0.717) is 23.6 Å². The number of hydrogen-bond donors (Lipinski definition) is 1. The second kappa shape index (κ2) is 11.3. The lowest BCUT2D eigenvalue weighted by molar-refractivity contribution is -0.125. The molecule has 3 aromatic rings. The maximum absolute atomic E-state index is 13.1. The molecule has 0 bridgehead atoms. The Morgan fingerprint density at radius 2 is 1.59 bits per heavy atom. The van der Waals surface area contributed by atoms with Crippen LogP contribution in [0.15, 0.2) is 83.8 Å². The fourth-order valence-electron chi connectivity index (χ4n) is 2.95. The molecule has 1 amide bonds. The van der Waals surface area contributed by atoms with Gasteiger partial charge in [-0.05, 0) is 31.2 Å². The van der Waals surface area contributed by atoms with Gasteiger partial charge in [0.25, 0.3) is 11.7 Å². The van der Waals surface area contributed by atoms with Crippen LogP contribution in [0, 0.1) is 0 Å². The first-order chi connectivity index (χ1) is 15.5. The highest BCUT2D eigenvalue weighted by Crippen LogP contribution is 2.31. The average molecular weight is 457 g/mol. The van der Waals surface area contributed by atoms with E-state index in [1.807, 2.05) is 6.92 Å². The zero-order valence-corrected chi connectivity index (χ0v) is 18.0. The zero-order valence-electron chi connectivity index (χ0n) is 17.2. The van der Waals surface area contributed by atoms with E-state index >= 15 is 0 Å². The predicted octanol–water partition coefficient (Wildman–Crippen LogP) is 5.94. The molecule has 0 spiro atoms. The quantitative estimate of drug-likeness (QED) is 0.318. The van der Waals surface area contributed by atoms with Crippen LogP contribution in [-0.2, 0) is 9.53 Å². The van der Waals surface area contributed by atoms with Gasteiger partial charge in [0, 0.05) is 10.5 Å². The Kier molecular flexibility index (Phi) is 8.21. The molecule has 32 heavy (non-hydrogen) atoms. The second-order valence-corrected chi connectivity index (χ2v) is 7.52. The van der Waals surface area contributed by atoms with E-state index in [1.54, 1.807) is 66.7 Å². The van der Waals surface area contributed by atoms with Crippen molar-refractivity contribution >= 4 is 29.3 Å². The maximum atomic E-state index is 13.1. The Balaban J connectivity index is 1.88. The molecule has 0 aliphatic heterocycles. The van der Waals surface area contributed by atoms with Gasteiger partial charge in [-0.1, -0.05) is 66.4 Å². The minimum atomic E-state index is -2.70. The van der Waals surface area contributed by atoms with Crippen LogP contribution in [-0.4, -0.2) is 24.2 Å². The van der Waals surface area contributed by atoms with Crippen LogP contribution in [0.5, 0.6) is 5.75 Å². The number of amides is 1. The standard InChI is InChI=1S/C24H21F2NO4S/c1-2-30-19-14-8-7-13-18(19)27-22(28)21(16-10-4-3-5-11-16)31-23(29)17-12-6-9-15-20(17)32-24(25)26/h3-15,21,24H,2H2,1H3,(H,27,28). The van der Waals surface area contributed by atoms with Crippen molar-refractivity contribution in [3.05, 3.63) is 90.0 Å². The van der Waals surface area contributed by atoms with Gasteiger partial charge in [0.05, 0.1) is 17.9 Å². The number of anilines is 1. The highest BCUT2D eigenvalue weighted by atomic mass is 32.2. The monoisotopic (exact) mass is 457 g/mol. The summed E-state index contributed by atoms with van der Waals surface area (Å²) in [5.74, 6) is -3.71. The summed E-state index contributed by atoms with van der Waals surface area (Å²) < 4.78 is 36.9. The number of carbonyl (C=O) groups excluding carboxylic acids is 2. The lowest BCUT2D eigenvalue weighted by atomic mass is 10.1. The van der Waals surface area contributed by atoms with Crippen LogP contribution in [0.3, 0.4) is 0 Å². The Bertz CT molecular complexity index is 1060. The van der Waals surface area contributed by atoms with Crippen molar-refractivity contribution in [3.63, 3.8) is 0 Å². The fourth-order valence-corrected chi connectivity index (χ4v) is 3.58. The van der Waals surface area contributed by atoms with E-state index in [1.165, 1.54) is 12.1 Å².